The van der Waals surface area contributed by atoms with Crippen LogP contribution >= 0.6 is 0 Å². The van der Waals surface area contributed by atoms with Crippen molar-refractivity contribution in [2.45, 2.75) is 19.9 Å². The minimum absolute atomic E-state index is 0.222. The maximum atomic E-state index is 12.1. The molecule has 2 rings (SSSR count). The molecule has 0 aromatic carbocycles. The highest BCUT2D eigenvalue weighted by molar-refractivity contribution is 5.97. The molecule has 18 heavy (non-hydrogen) atoms. The first-order valence-corrected chi connectivity index (χ1v) is 5.70. The topological polar surface area (TPSA) is 104 Å². The molecule has 0 unspecified atom stereocenters. The number of anilines is 1. The Bertz CT molecular complexity index is 530. The van der Waals surface area contributed by atoms with Gasteiger partial charge in [0.1, 0.15) is 5.82 Å². The number of nitrogen functional groups attached to an aromatic ring is 1. The summed E-state index contributed by atoms with van der Waals surface area (Å²) in [6.07, 6.45) is 4.07. The quantitative estimate of drug-likeness (QED) is 0.735. The van der Waals surface area contributed by atoms with Crippen molar-refractivity contribution < 1.29 is 4.79 Å². The Morgan fingerprint density at radius 3 is 2.89 bits per heavy atom. The Hall–Kier alpha value is -2.31. The number of H-pyrrole nitrogens is 2. The maximum Gasteiger partial charge on any atom is 0.276 e. The average Bonchev–Trinajstić information content (AvgIpc) is 2.97. The smallest absolute Gasteiger partial charge is 0.276 e. The summed E-state index contributed by atoms with van der Waals surface area (Å²) >= 11 is 0. The minimum atomic E-state index is -0.222. The van der Waals surface area contributed by atoms with E-state index < -0.39 is 0 Å². The summed E-state index contributed by atoms with van der Waals surface area (Å²) in [7, 11) is 1.69. The van der Waals surface area contributed by atoms with Gasteiger partial charge in [-0.1, -0.05) is 6.92 Å². The summed E-state index contributed by atoms with van der Waals surface area (Å²) < 4.78 is 0. The molecule has 0 aliphatic heterocycles. The summed E-state index contributed by atoms with van der Waals surface area (Å²) in [5.74, 6) is 0.496. The number of aromatic nitrogens is 4. The van der Waals surface area contributed by atoms with Crippen LogP contribution < -0.4 is 5.73 Å². The lowest BCUT2D eigenvalue weighted by Gasteiger charge is -2.14. The Labute approximate surface area is 104 Å². The van der Waals surface area contributed by atoms with Crippen LogP contribution in [0.15, 0.2) is 12.4 Å². The molecule has 0 saturated carbocycles. The van der Waals surface area contributed by atoms with Crippen molar-refractivity contribution in [2.24, 2.45) is 0 Å². The molecule has 2 heterocycles. The van der Waals surface area contributed by atoms with Crippen LogP contribution in [-0.2, 0) is 13.0 Å². The van der Waals surface area contributed by atoms with Crippen molar-refractivity contribution in [1.82, 2.24) is 25.1 Å². The van der Waals surface area contributed by atoms with Crippen LogP contribution in [0.5, 0.6) is 0 Å². The number of aryl methyl sites for hydroxylation is 1. The summed E-state index contributed by atoms with van der Waals surface area (Å²) in [5.41, 5.74) is 7.33. The van der Waals surface area contributed by atoms with Crippen LogP contribution in [0.4, 0.5) is 5.69 Å². The fourth-order valence-corrected chi connectivity index (χ4v) is 1.68. The molecule has 4 N–H and O–H groups in total. The van der Waals surface area contributed by atoms with E-state index in [1.165, 1.54) is 4.90 Å². The highest BCUT2D eigenvalue weighted by Gasteiger charge is 2.20. The number of carbonyl (C=O) groups is 1. The van der Waals surface area contributed by atoms with Gasteiger partial charge in [0.15, 0.2) is 5.69 Å². The van der Waals surface area contributed by atoms with E-state index in [0.29, 0.717) is 18.7 Å². The molecule has 1 amide bonds. The van der Waals surface area contributed by atoms with Crippen LogP contribution in [-0.4, -0.2) is 38.0 Å². The molecule has 0 radical (unpaired) electrons. The first-order chi connectivity index (χ1) is 8.63. The van der Waals surface area contributed by atoms with Gasteiger partial charge in [-0.15, -0.1) is 0 Å². The summed E-state index contributed by atoms with van der Waals surface area (Å²) in [5, 5.41) is 6.74. The molecule has 0 aliphatic carbocycles. The predicted octanol–water partition coefficient (Wildman–Crippen LogP) is 0.550. The van der Waals surface area contributed by atoms with Crippen LogP contribution in [0.1, 0.15) is 28.9 Å². The zero-order valence-electron chi connectivity index (χ0n) is 10.4. The first-order valence-electron chi connectivity index (χ1n) is 5.70. The van der Waals surface area contributed by atoms with E-state index >= 15 is 0 Å². The second kappa shape index (κ2) is 4.91. The van der Waals surface area contributed by atoms with Gasteiger partial charge in [0.25, 0.3) is 5.91 Å². The lowest BCUT2D eigenvalue weighted by Crippen LogP contribution is -2.27. The first kappa shape index (κ1) is 12.2. The number of rotatable bonds is 4. The SMILES string of the molecule is CCc1[nH]nc(C(=O)N(C)Cc2ncc[nH]2)c1N. The van der Waals surface area contributed by atoms with E-state index in [0.717, 1.165) is 11.5 Å². The van der Waals surface area contributed by atoms with Crippen LogP contribution in [0, 0.1) is 0 Å². The number of aromatic amines is 2. The minimum Gasteiger partial charge on any atom is -0.395 e. The van der Waals surface area contributed by atoms with Gasteiger partial charge in [-0.05, 0) is 6.42 Å². The third kappa shape index (κ3) is 2.20. The van der Waals surface area contributed by atoms with Crippen LogP contribution in [0.2, 0.25) is 0 Å². The van der Waals surface area contributed by atoms with E-state index in [1.807, 2.05) is 6.92 Å². The average molecular weight is 248 g/mol. The van der Waals surface area contributed by atoms with Gasteiger partial charge in [0, 0.05) is 19.4 Å². The Morgan fingerprint density at radius 2 is 2.33 bits per heavy atom. The number of hydrogen-bond donors (Lipinski definition) is 3. The summed E-state index contributed by atoms with van der Waals surface area (Å²) in [4.78, 5) is 20.7. The molecular formula is C11H16N6O. The molecule has 96 valence electrons. The molecule has 0 atom stereocenters. The van der Waals surface area contributed by atoms with E-state index in [4.69, 9.17) is 5.73 Å². The second-order valence-corrected chi connectivity index (χ2v) is 4.02. The number of carbonyl (C=O) groups excluding carboxylic acids is 1. The van der Waals surface area contributed by atoms with Crippen molar-refractivity contribution >= 4 is 11.6 Å². The van der Waals surface area contributed by atoms with Gasteiger partial charge in [-0.3, -0.25) is 9.89 Å². The molecular weight excluding hydrogens is 232 g/mol. The number of nitrogens with two attached hydrogens (primary N) is 1. The lowest BCUT2D eigenvalue weighted by atomic mass is 10.2. The third-order valence-corrected chi connectivity index (χ3v) is 2.73. The fourth-order valence-electron chi connectivity index (χ4n) is 1.68. The Kier molecular flexibility index (Phi) is 3.31. The summed E-state index contributed by atoms with van der Waals surface area (Å²) in [6.45, 7) is 2.34. The number of imidazole rings is 1. The predicted molar refractivity (Wildman–Crippen MR) is 66.8 cm³/mol. The van der Waals surface area contributed by atoms with Crippen molar-refractivity contribution in [1.29, 1.82) is 0 Å². The van der Waals surface area contributed by atoms with Crippen molar-refractivity contribution in [3.05, 3.63) is 29.6 Å². The molecule has 2 aromatic heterocycles. The monoisotopic (exact) mass is 248 g/mol. The zero-order valence-corrected chi connectivity index (χ0v) is 10.4. The van der Waals surface area contributed by atoms with E-state index in [9.17, 15) is 4.79 Å². The Balaban J connectivity index is 2.13. The van der Waals surface area contributed by atoms with Gasteiger partial charge in [-0.2, -0.15) is 5.10 Å². The Morgan fingerprint density at radius 1 is 1.56 bits per heavy atom. The largest absolute Gasteiger partial charge is 0.395 e. The molecule has 7 heteroatoms. The van der Waals surface area contributed by atoms with Crippen molar-refractivity contribution in [3.8, 4) is 0 Å². The van der Waals surface area contributed by atoms with E-state index in [1.54, 1.807) is 19.4 Å². The number of nitrogens with one attached hydrogen (secondary N) is 2. The normalized spacial score (nSPS) is 10.6. The van der Waals surface area contributed by atoms with Crippen LogP contribution in [0.25, 0.3) is 0 Å². The van der Waals surface area contributed by atoms with Gasteiger partial charge < -0.3 is 15.6 Å². The standard InChI is InChI=1S/C11H16N6O/c1-3-7-9(12)10(16-15-7)11(18)17(2)6-8-13-4-5-14-8/h4-5H,3,6,12H2,1-2H3,(H,13,14)(H,15,16). The highest BCUT2D eigenvalue weighted by atomic mass is 16.2. The second-order valence-electron chi connectivity index (χ2n) is 4.02. The third-order valence-electron chi connectivity index (χ3n) is 2.73. The van der Waals surface area contributed by atoms with Crippen molar-refractivity contribution in [2.75, 3.05) is 12.8 Å². The zero-order chi connectivity index (χ0) is 13.1. The highest BCUT2D eigenvalue weighted by Crippen LogP contribution is 2.16. The molecule has 0 bridgehead atoms. The summed E-state index contributed by atoms with van der Waals surface area (Å²) in [6, 6.07) is 0. The van der Waals surface area contributed by atoms with Crippen LogP contribution in [0.3, 0.4) is 0 Å². The molecule has 7 nitrogen and oxygen atoms in total. The lowest BCUT2D eigenvalue weighted by molar-refractivity contribution is 0.0777. The van der Waals surface area contributed by atoms with Gasteiger partial charge in [0.2, 0.25) is 0 Å². The number of amides is 1. The van der Waals surface area contributed by atoms with E-state index in [-0.39, 0.29) is 11.6 Å². The van der Waals surface area contributed by atoms with E-state index in [2.05, 4.69) is 20.2 Å². The van der Waals surface area contributed by atoms with Gasteiger partial charge in [0.05, 0.1) is 17.9 Å². The molecule has 0 fully saturated rings. The maximum absolute atomic E-state index is 12.1. The molecule has 2 aromatic rings. The fraction of sp³-hybridized carbons (Fsp3) is 0.364. The number of nitrogens with zero attached hydrogens (tertiary/aromatic N) is 3. The molecule has 0 saturated heterocycles. The molecule has 0 aliphatic rings. The molecule has 0 spiro atoms. The number of hydrogen-bond acceptors (Lipinski definition) is 4. The van der Waals surface area contributed by atoms with Gasteiger partial charge >= 0.3 is 0 Å². The van der Waals surface area contributed by atoms with Gasteiger partial charge in [-0.25, -0.2) is 4.98 Å². The van der Waals surface area contributed by atoms with Crippen molar-refractivity contribution in [3.63, 3.8) is 0 Å².